The summed E-state index contributed by atoms with van der Waals surface area (Å²) in [6.45, 7) is 0. The molecule has 3 aromatic rings. The van der Waals surface area contributed by atoms with Gasteiger partial charge in [0.05, 0.1) is 9.35 Å². The van der Waals surface area contributed by atoms with Crippen LogP contribution in [0.15, 0.2) is 39.8 Å². The van der Waals surface area contributed by atoms with E-state index in [4.69, 9.17) is 5.73 Å². The van der Waals surface area contributed by atoms with E-state index in [1.165, 1.54) is 0 Å². The first-order valence-electron chi connectivity index (χ1n) is 5.64. The second kappa shape index (κ2) is 4.79. The molecule has 0 bridgehead atoms. The van der Waals surface area contributed by atoms with Gasteiger partial charge in [-0.15, -0.1) is 11.3 Å². The molecule has 19 heavy (non-hydrogen) atoms. The number of hydrogen-bond donors (Lipinski definition) is 1. The monoisotopic (exact) mass is 334 g/mol. The summed E-state index contributed by atoms with van der Waals surface area (Å²) in [5.41, 5.74) is 10.00. The average molecular weight is 335 g/mol. The molecule has 4 nitrogen and oxygen atoms in total. The Labute approximate surface area is 123 Å². The number of anilines is 1. The number of nitrogen functional groups attached to an aromatic ring is 1. The van der Waals surface area contributed by atoms with E-state index < -0.39 is 0 Å². The topological polar surface area (TPSA) is 56.7 Å². The SMILES string of the molecule is Cn1nc(-c2csc(Br)c2)c(-c2cccnc2)c1N. The van der Waals surface area contributed by atoms with Crippen molar-refractivity contribution in [2.24, 2.45) is 7.05 Å². The summed E-state index contributed by atoms with van der Waals surface area (Å²) in [6.07, 6.45) is 3.55. The third-order valence-corrected chi connectivity index (χ3v) is 4.39. The zero-order chi connectivity index (χ0) is 13.4. The zero-order valence-corrected chi connectivity index (χ0v) is 12.6. The molecule has 3 rings (SSSR count). The second-order valence-electron chi connectivity index (χ2n) is 4.11. The molecule has 0 aliphatic rings. The van der Waals surface area contributed by atoms with Gasteiger partial charge in [0.1, 0.15) is 11.5 Å². The van der Waals surface area contributed by atoms with Crippen LogP contribution in [0.25, 0.3) is 22.4 Å². The van der Waals surface area contributed by atoms with Crippen LogP contribution in [0.5, 0.6) is 0 Å². The Morgan fingerprint density at radius 2 is 2.21 bits per heavy atom. The Morgan fingerprint density at radius 3 is 2.84 bits per heavy atom. The lowest BCUT2D eigenvalue weighted by Crippen LogP contribution is -1.98. The van der Waals surface area contributed by atoms with Gasteiger partial charge in [-0.2, -0.15) is 5.10 Å². The molecular weight excluding hydrogens is 324 g/mol. The Kier molecular flexibility index (Phi) is 3.12. The molecule has 6 heteroatoms. The molecule has 0 spiro atoms. The third kappa shape index (κ3) is 2.17. The van der Waals surface area contributed by atoms with E-state index in [1.807, 2.05) is 25.2 Å². The Bertz CT molecular complexity index is 718. The molecule has 0 unspecified atom stereocenters. The van der Waals surface area contributed by atoms with Crippen molar-refractivity contribution in [3.63, 3.8) is 0 Å². The Hall–Kier alpha value is -1.66. The van der Waals surface area contributed by atoms with E-state index in [0.717, 1.165) is 26.2 Å². The van der Waals surface area contributed by atoms with Crippen LogP contribution in [-0.4, -0.2) is 14.8 Å². The largest absolute Gasteiger partial charge is 0.383 e. The first-order chi connectivity index (χ1) is 9.16. The Morgan fingerprint density at radius 1 is 1.37 bits per heavy atom. The minimum absolute atomic E-state index is 0.644. The molecule has 0 saturated carbocycles. The second-order valence-corrected chi connectivity index (χ2v) is 6.40. The summed E-state index contributed by atoms with van der Waals surface area (Å²) in [7, 11) is 1.85. The highest BCUT2D eigenvalue weighted by Crippen LogP contribution is 2.38. The lowest BCUT2D eigenvalue weighted by atomic mass is 10.0. The number of nitrogens with two attached hydrogens (primary N) is 1. The highest BCUT2D eigenvalue weighted by molar-refractivity contribution is 9.11. The normalized spacial score (nSPS) is 10.8. The number of pyridine rings is 1. The summed E-state index contributed by atoms with van der Waals surface area (Å²) in [5, 5.41) is 6.58. The van der Waals surface area contributed by atoms with E-state index in [-0.39, 0.29) is 0 Å². The van der Waals surface area contributed by atoms with Crippen molar-refractivity contribution in [3.05, 3.63) is 39.8 Å². The van der Waals surface area contributed by atoms with E-state index in [9.17, 15) is 0 Å². The van der Waals surface area contributed by atoms with Crippen LogP contribution in [0.2, 0.25) is 0 Å². The van der Waals surface area contributed by atoms with Crippen molar-refractivity contribution in [2.45, 2.75) is 0 Å². The molecular formula is C13H11BrN4S. The molecule has 2 N–H and O–H groups in total. The van der Waals surface area contributed by atoms with Crippen LogP contribution in [-0.2, 0) is 7.05 Å². The quantitative estimate of drug-likeness (QED) is 0.779. The number of nitrogens with zero attached hydrogens (tertiary/aromatic N) is 3. The first kappa shape index (κ1) is 12.4. The molecule has 3 aromatic heterocycles. The van der Waals surface area contributed by atoms with Crippen LogP contribution in [0, 0.1) is 0 Å². The molecule has 0 amide bonds. The summed E-state index contributed by atoms with van der Waals surface area (Å²) in [4.78, 5) is 4.15. The van der Waals surface area contributed by atoms with Crippen LogP contribution < -0.4 is 5.73 Å². The van der Waals surface area contributed by atoms with Gasteiger partial charge in [-0.05, 0) is 28.1 Å². The molecule has 0 radical (unpaired) electrons. The molecule has 0 aliphatic carbocycles. The molecule has 0 aliphatic heterocycles. The van der Waals surface area contributed by atoms with Crippen LogP contribution in [0.1, 0.15) is 0 Å². The van der Waals surface area contributed by atoms with Gasteiger partial charge in [0.15, 0.2) is 0 Å². The number of aromatic nitrogens is 3. The average Bonchev–Trinajstić information content (AvgIpc) is 2.96. The fraction of sp³-hybridized carbons (Fsp3) is 0.0769. The highest BCUT2D eigenvalue weighted by Gasteiger charge is 2.18. The number of hydrogen-bond acceptors (Lipinski definition) is 4. The molecule has 96 valence electrons. The maximum Gasteiger partial charge on any atom is 0.129 e. The summed E-state index contributed by atoms with van der Waals surface area (Å²) >= 11 is 5.11. The lowest BCUT2D eigenvalue weighted by molar-refractivity contribution is 0.782. The van der Waals surface area contributed by atoms with Crippen molar-refractivity contribution in [2.75, 3.05) is 5.73 Å². The standard InChI is InChI=1S/C13H11BrN4S/c1-18-13(15)11(8-3-2-4-16-6-8)12(17-18)9-5-10(14)19-7-9/h2-7H,15H2,1H3. The molecule has 0 saturated heterocycles. The molecule has 3 heterocycles. The Balaban J connectivity index is 2.24. The molecule has 0 aromatic carbocycles. The van der Waals surface area contributed by atoms with Crippen molar-refractivity contribution >= 4 is 33.1 Å². The lowest BCUT2D eigenvalue weighted by Gasteiger charge is -2.02. The number of rotatable bonds is 2. The van der Waals surface area contributed by atoms with Crippen LogP contribution in [0.3, 0.4) is 0 Å². The van der Waals surface area contributed by atoms with Gasteiger partial charge in [0, 0.05) is 35.9 Å². The van der Waals surface area contributed by atoms with E-state index in [0.29, 0.717) is 5.82 Å². The predicted molar refractivity (Wildman–Crippen MR) is 81.9 cm³/mol. The van der Waals surface area contributed by atoms with Crippen molar-refractivity contribution in [3.8, 4) is 22.4 Å². The van der Waals surface area contributed by atoms with Crippen molar-refractivity contribution < 1.29 is 0 Å². The number of halogens is 1. The van der Waals surface area contributed by atoms with E-state index >= 15 is 0 Å². The molecule has 0 fully saturated rings. The highest BCUT2D eigenvalue weighted by atomic mass is 79.9. The minimum Gasteiger partial charge on any atom is -0.383 e. The van der Waals surface area contributed by atoms with Gasteiger partial charge < -0.3 is 5.73 Å². The molecule has 0 atom stereocenters. The third-order valence-electron chi connectivity index (χ3n) is 2.88. The fourth-order valence-corrected chi connectivity index (χ4v) is 3.11. The van der Waals surface area contributed by atoms with Gasteiger partial charge in [0.2, 0.25) is 0 Å². The maximum absolute atomic E-state index is 6.14. The van der Waals surface area contributed by atoms with E-state index in [1.54, 1.807) is 28.4 Å². The van der Waals surface area contributed by atoms with Crippen LogP contribution >= 0.6 is 27.3 Å². The van der Waals surface area contributed by atoms with E-state index in [2.05, 4.69) is 31.4 Å². The number of thiophene rings is 1. The zero-order valence-electron chi connectivity index (χ0n) is 10.2. The number of aryl methyl sites for hydroxylation is 1. The van der Waals surface area contributed by atoms with Crippen molar-refractivity contribution in [1.82, 2.24) is 14.8 Å². The van der Waals surface area contributed by atoms with Gasteiger partial charge in [-0.1, -0.05) is 6.07 Å². The van der Waals surface area contributed by atoms with Crippen LogP contribution in [0.4, 0.5) is 5.82 Å². The smallest absolute Gasteiger partial charge is 0.129 e. The minimum atomic E-state index is 0.644. The fourth-order valence-electron chi connectivity index (χ4n) is 1.97. The maximum atomic E-state index is 6.14. The summed E-state index contributed by atoms with van der Waals surface area (Å²) in [5.74, 6) is 0.644. The first-order valence-corrected chi connectivity index (χ1v) is 7.31. The van der Waals surface area contributed by atoms with Gasteiger partial charge in [-0.3, -0.25) is 9.67 Å². The summed E-state index contributed by atoms with van der Waals surface area (Å²) in [6, 6.07) is 5.94. The summed E-state index contributed by atoms with van der Waals surface area (Å²) < 4.78 is 2.77. The predicted octanol–water partition coefficient (Wildman–Crippen LogP) is 3.56. The van der Waals surface area contributed by atoms with Gasteiger partial charge in [0.25, 0.3) is 0 Å². The van der Waals surface area contributed by atoms with Crippen molar-refractivity contribution in [1.29, 1.82) is 0 Å². The van der Waals surface area contributed by atoms with Gasteiger partial charge >= 0.3 is 0 Å². The van der Waals surface area contributed by atoms with Gasteiger partial charge in [-0.25, -0.2) is 0 Å².